The van der Waals surface area contributed by atoms with Crippen LogP contribution in [-0.2, 0) is 12.8 Å². The molecule has 1 aromatic rings. The maximum atomic E-state index is 4.63. The van der Waals surface area contributed by atoms with Crippen molar-refractivity contribution in [3.8, 4) is 0 Å². The van der Waals surface area contributed by atoms with Gasteiger partial charge in [-0.3, -0.25) is 0 Å². The molecule has 2 rings (SSSR count). The van der Waals surface area contributed by atoms with Gasteiger partial charge in [-0.1, -0.05) is 27.2 Å². The van der Waals surface area contributed by atoms with Gasteiger partial charge in [-0.25, -0.2) is 9.97 Å². The van der Waals surface area contributed by atoms with Crippen molar-refractivity contribution in [2.75, 3.05) is 6.54 Å². The van der Waals surface area contributed by atoms with Gasteiger partial charge < -0.3 is 5.32 Å². The maximum Gasteiger partial charge on any atom is 0.115 e. The average molecular weight is 261 g/mol. The molecule has 0 radical (unpaired) electrons. The summed E-state index contributed by atoms with van der Waals surface area (Å²) in [5, 5.41) is 3.59. The lowest BCUT2D eigenvalue weighted by Gasteiger charge is -2.25. The van der Waals surface area contributed by atoms with Crippen LogP contribution in [0.25, 0.3) is 0 Å². The Bertz CT molecular complexity index is 403. The molecule has 1 aromatic heterocycles. The summed E-state index contributed by atoms with van der Waals surface area (Å²) < 4.78 is 0. The first kappa shape index (κ1) is 14.4. The largest absolute Gasteiger partial charge is 0.314 e. The predicted octanol–water partition coefficient (Wildman–Crippen LogP) is 3.24. The van der Waals surface area contributed by atoms with Crippen LogP contribution < -0.4 is 5.32 Å². The lowest BCUT2D eigenvalue weighted by atomic mass is 9.90. The van der Waals surface area contributed by atoms with Crippen molar-refractivity contribution >= 4 is 0 Å². The van der Waals surface area contributed by atoms with Crippen molar-refractivity contribution in [2.24, 2.45) is 0 Å². The summed E-state index contributed by atoms with van der Waals surface area (Å²) in [4.78, 5) is 9.16. The highest BCUT2D eigenvalue weighted by Crippen LogP contribution is 2.28. The highest BCUT2D eigenvalue weighted by molar-refractivity contribution is 5.29. The minimum Gasteiger partial charge on any atom is -0.314 e. The van der Waals surface area contributed by atoms with Gasteiger partial charge in [-0.05, 0) is 44.2 Å². The Hall–Kier alpha value is -0.960. The lowest BCUT2D eigenvalue weighted by molar-refractivity contribution is 0.439. The van der Waals surface area contributed by atoms with Crippen molar-refractivity contribution in [2.45, 2.75) is 71.3 Å². The highest BCUT2D eigenvalue weighted by atomic mass is 14.9. The van der Waals surface area contributed by atoms with Crippen LogP contribution in [-0.4, -0.2) is 22.6 Å². The molecule has 0 fully saturated rings. The molecule has 2 atom stereocenters. The van der Waals surface area contributed by atoms with E-state index in [2.05, 4.69) is 36.1 Å². The molecule has 3 nitrogen and oxygen atoms in total. The Morgan fingerprint density at radius 3 is 2.68 bits per heavy atom. The lowest BCUT2D eigenvalue weighted by Crippen LogP contribution is -2.34. The van der Waals surface area contributed by atoms with Gasteiger partial charge in [0.1, 0.15) is 6.33 Å². The van der Waals surface area contributed by atoms with E-state index in [1.807, 2.05) is 0 Å². The van der Waals surface area contributed by atoms with E-state index >= 15 is 0 Å². The third kappa shape index (κ3) is 3.33. The molecule has 3 heteroatoms. The van der Waals surface area contributed by atoms with E-state index in [4.69, 9.17) is 0 Å². The van der Waals surface area contributed by atoms with Crippen LogP contribution in [0.5, 0.6) is 0 Å². The maximum absolute atomic E-state index is 4.63. The molecule has 0 saturated carbocycles. The fraction of sp³-hybridized carbons (Fsp3) is 0.750. The Labute approximate surface area is 117 Å². The number of aromatic nitrogens is 2. The van der Waals surface area contributed by atoms with E-state index in [9.17, 15) is 0 Å². The molecule has 0 aromatic carbocycles. The second-order valence-corrected chi connectivity index (χ2v) is 5.61. The topological polar surface area (TPSA) is 37.8 Å². The zero-order valence-corrected chi connectivity index (χ0v) is 12.6. The van der Waals surface area contributed by atoms with Crippen molar-refractivity contribution in [3.05, 3.63) is 23.3 Å². The first-order valence-corrected chi connectivity index (χ1v) is 7.83. The summed E-state index contributed by atoms with van der Waals surface area (Å²) in [7, 11) is 0. The number of hydrogen-bond donors (Lipinski definition) is 1. The van der Waals surface area contributed by atoms with E-state index < -0.39 is 0 Å². The van der Waals surface area contributed by atoms with Crippen molar-refractivity contribution in [1.82, 2.24) is 15.3 Å². The molecule has 0 spiro atoms. The average Bonchev–Trinajstić information content (AvgIpc) is 2.69. The molecule has 0 bridgehead atoms. The zero-order chi connectivity index (χ0) is 13.7. The standard InChI is InChI=1S/C16H27N3/c1-4-14(17-5-2)12(3)16-13-9-7-6-8-10-15(13)18-11-19-16/h11-12,14,17H,4-10H2,1-3H3. The minimum absolute atomic E-state index is 0.472. The van der Waals surface area contributed by atoms with Crippen LogP contribution in [0.4, 0.5) is 0 Å². The van der Waals surface area contributed by atoms with E-state index in [-0.39, 0.29) is 0 Å². The summed E-state index contributed by atoms with van der Waals surface area (Å²) in [6.45, 7) is 7.76. The zero-order valence-electron chi connectivity index (χ0n) is 12.6. The quantitative estimate of drug-likeness (QED) is 0.827. The Kier molecular flexibility index (Phi) is 5.32. The van der Waals surface area contributed by atoms with Crippen LogP contribution in [0, 0.1) is 0 Å². The van der Waals surface area contributed by atoms with Crippen LogP contribution >= 0.6 is 0 Å². The molecule has 0 amide bonds. The van der Waals surface area contributed by atoms with Crippen molar-refractivity contribution < 1.29 is 0 Å². The van der Waals surface area contributed by atoms with Crippen LogP contribution in [0.2, 0.25) is 0 Å². The molecule has 0 saturated heterocycles. The van der Waals surface area contributed by atoms with E-state index in [1.165, 1.54) is 42.6 Å². The number of nitrogens with one attached hydrogen (secondary N) is 1. The SMILES string of the molecule is CCNC(CC)C(C)c1ncnc2c1CCCCC2. The molecule has 1 N–H and O–H groups in total. The summed E-state index contributed by atoms with van der Waals surface area (Å²) >= 11 is 0. The fourth-order valence-electron chi connectivity index (χ4n) is 3.24. The van der Waals surface area contributed by atoms with Crippen molar-refractivity contribution in [3.63, 3.8) is 0 Å². The van der Waals surface area contributed by atoms with Crippen LogP contribution in [0.15, 0.2) is 6.33 Å². The third-order valence-electron chi connectivity index (χ3n) is 4.35. The van der Waals surface area contributed by atoms with Gasteiger partial charge in [-0.15, -0.1) is 0 Å². The van der Waals surface area contributed by atoms with Gasteiger partial charge in [0, 0.05) is 17.7 Å². The molecule has 1 aliphatic rings. The van der Waals surface area contributed by atoms with Crippen LogP contribution in [0.3, 0.4) is 0 Å². The number of hydrogen-bond acceptors (Lipinski definition) is 3. The Morgan fingerprint density at radius 1 is 1.16 bits per heavy atom. The molecule has 1 aliphatic carbocycles. The van der Waals surface area contributed by atoms with Gasteiger partial charge in [0.2, 0.25) is 0 Å². The number of fused-ring (bicyclic) bond motifs is 1. The summed E-state index contributed by atoms with van der Waals surface area (Å²) in [6.07, 6.45) is 9.12. The molecule has 1 heterocycles. The third-order valence-corrected chi connectivity index (χ3v) is 4.35. The minimum atomic E-state index is 0.472. The molecule has 106 valence electrons. The number of likely N-dealkylation sites (N-methyl/N-ethyl adjacent to an activating group) is 1. The van der Waals surface area contributed by atoms with E-state index in [1.54, 1.807) is 6.33 Å². The predicted molar refractivity (Wildman–Crippen MR) is 79.5 cm³/mol. The van der Waals surface area contributed by atoms with Gasteiger partial charge in [0.15, 0.2) is 0 Å². The van der Waals surface area contributed by atoms with Gasteiger partial charge >= 0.3 is 0 Å². The van der Waals surface area contributed by atoms with Gasteiger partial charge in [0.05, 0.1) is 5.69 Å². The summed E-state index contributed by atoms with van der Waals surface area (Å²) in [5.74, 6) is 0.472. The number of aryl methyl sites for hydroxylation is 1. The molecule has 19 heavy (non-hydrogen) atoms. The Morgan fingerprint density at radius 2 is 1.95 bits per heavy atom. The number of rotatable bonds is 5. The highest BCUT2D eigenvalue weighted by Gasteiger charge is 2.23. The smallest absolute Gasteiger partial charge is 0.115 e. The molecular weight excluding hydrogens is 234 g/mol. The molecule has 0 aliphatic heterocycles. The van der Waals surface area contributed by atoms with Crippen molar-refractivity contribution in [1.29, 1.82) is 0 Å². The first-order chi connectivity index (χ1) is 9.27. The van der Waals surface area contributed by atoms with Gasteiger partial charge in [0.25, 0.3) is 0 Å². The molecular formula is C16H27N3. The Balaban J connectivity index is 2.28. The van der Waals surface area contributed by atoms with E-state index in [0.29, 0.717) is 12.0 Å². The monoisotopic (exact) mass is 261 g/mol. The number of nitrogens with zero attached hydrogens (tertiary/aromatic N) is 2. The van der Waals surface area contributed by atoms with E-state index in [0.717, 1.165) is 19.4 Å². The first-order valence-electron chi connectivity index (χ1n) is 7.83. The molecule has 2 unspecified atom stereocenters. The summed E-state index contributed by atoms with van der Waals surface area (Å²) in [6, 6.07) is 0.521. The second kappa shape index (κ2) is 6.99. The normalized spacial score (nSPS) is 18.5. The fourth-order valence-corrected chi connectivity index (χ4v) is 3.24. The van der Waals surface area contributed by atoms with Gasteiger partial charge in [-0.2, -0.15) is 0 Å². The van der Waals surface area contributed by atoms with Crippen LogP contribution in [0.1, 0.15) is 69.3 Å². The summed E-state index contributed by atoms with van der Waals surface area (Å²) in [5.41, 5.74) is 4.05. The second-order valence-electron chi connectivity index (χ2n) is 5.61.